The van der Waals surface area contributed by atoms with Crippen molar-refractivity contribution in [1.82, 2.24) is 20.9 Å². The molecule has 1 aromatic carbocycles. The monoisotopic (exact) mass is 363 g/mol. The van der Waals surface area contributed by atoms with Gasteiger partial charge in [-0.05, 0) is 19.1 Å². The molecule has 1 fully saturated rings. The fourth-order valence-corrected chi connectivity index (χ4v) is 2.46. The summed E-state index contributed by atoms with van der Waals surface area (Å²) in [7, 11) is 3.20. The number of imide groups is 1. The van der Waals surface area contributed by atoms with Crippen molar-refractivity contribution >= 4 is 17.9 Å². The van der Waals surface area contributed by atoms with Crippen LogP contribution in [0.25, 0.3) is 0 Å². The number of carbonyl (C=O) groups excluding carboxylic acids is 2. The number of methoxy groups -OCH3 is 2. The average Bonchev–Trinajstić information content (AvgIpc) is 2.97. The van der Waals surface area contributed by atoms with Crippen molar-refractivity contribution in [2.75, 3.05) is 40.4 Å². The molecule has 0 bridgehead atoms. The van der Waals surface area contributed by atoms with E-state index < -0.39 is 0 Å². The molecule has 1 aliphatic rings. The number of aliphatic imine (C=N–C) groups is 1. The molecule has 142 valence electrons. The molecule has 0 atom stereocenters. The Hall–Kier alpha value is -2.97. The number of hydrogen-bond acceptors (Lipinski definition) is 5. The number of amides is 3. The number of hydrogen-bond donors (Lipinski definition) is 3. The number of rotatable bonds is 8. The summed E-state index contributed by atoms with van der Waals surface area (Å²) in [6.45, 7) is 3.80. The first-order chi connectivity index (χ1) is 12.6. The lowest BCUT2D eigenvalue weighted by molar-refractivity contribution is -0.124. The van der Waals surface area contributed by atoms with Crippen molar-refractivity contribution in [3.63, 3.8) is 0 Å². The third kappa shape index (κ3) is 5.01. The molecule has 26 heavy (non-hydrogen) atoms. The molecule has 1 aliphatic heterocycles. The van der Waals surface area contributed by atoms with Crippen LogP contribution in [0.1, 0.15) is 12.5 Å². The highest BCUT2D eigenvalue weighted by atomic mass is 16.5. The second-order valence-electron chi connectivity index (χ2n) is 5.50. The summed E-state index contributed by atoms with van der Waals surface area (Å²) in [6.07, 6.45) is 0. The van der Waals surface area contributed by atoms with Crippen LogP contribution in [-0.2, 0) is 11.3 Å². The number of nitrogens with one attached hydrogen (secondary N) is 3. The predicted octanol–water partition coefficient (Wildman–Crippen LogP) is 0.311. The first-order valence-corrected chi connectivity index (χ1v) is 8.40. The summed E-state index contributed by atoms with van der Waals surface area (Å²) >= 11 is 0. The summed E-state index contributed by atoms with van der Waals surface area (Å²) in [6, 6.07) is 5.20. The lowest BCUT2D eigenvalue weighted by Crippen LogP contribution is -2.43. The van der Waals surface area contributed by atoms with E-state index in [4.69, 9.17) is 9.47 Å². The maximum Gasteiger partial charge on any atom is 0.324 e. The molecule has 1 heterocycles. The maximum atomic E-state index is 11.6. The second kappa shape index (κ2) is 9.50. The van der Waals surface area contributed by atoms with Crippen LogP contribution in [-0.4, -0.2) is 63.2 Å². The van der Waals surface area contributed by atoms with Gasteiger partial charge in [0.1, 0.15) is 11.5 Å². The zero-order valence-electron chi connectivity index (χ0n) is 15.3. The molecule has 0 aliphatic carbocycles. The Labute approximate surface area is 152 Å². The van der Waals surface area contributed by atoms with Crippen LogP contribution in [0.4, 0.5) is 4.79 Å². The summed E-state index contributed by atoms with van der Waals surface area (Å²) in [5, 5.41) is 8.74. The molecule has 0 radical (unpaired) electrons. The van der Waals surface area contributed by atoms with E-state index in [1.54, 1.807) is 14.2 Å². The van der Waals surface area contributed by atoms with Crippen molar-refractivity contribution in [3.8, 4) is 11.5 Å². The molecule has 0 spiro atoms. The molecule has 0 saturated carbocycles. The van der Waals surface area contributed by atoms with E-state index >= 15 is 0 Å². The van der Waals surface area contributed by atoms with Crippen LogP contribution in [0.15, 0.2) is 23.2 Å². The van der Waals surface area contributed by atoms with Gasteiger partial charge in [-0.25, -0.2) is 9.79 Å². The fourth-order valence-electron chi connectivity index (χ4n) is 2.46. The summed E-state index contributed by atoms with van der Waals surface area (Å²) < 4.78 is 10.6. The van der Waals surface area contributed by atoms with Crippen LogP contribution < -0.4 is 25.4 Å². The largest absolute Gasteiger partial charge is 0.497 e. The summed E-state index contributed by atoms with van der Waals surface area (Å²) in [4.78, 5) is 28.8. The predicted molar refractivity (Wildman–Crippen MR) is 97.5 cm³/mol. The summed E-state index contributed by atoms with van der Waals surface area (Å²) in [5.74, 6) is 1.79. The zero-order valence-corrected chi connectivity index (χ0v) is 15.3. The second-order valence-corrected chi connectivity index (χ2v) is 5.50. The standard InChI is InChI=1S/C17H25N5O4/c1-4-18-16(19-7-8-22-15(23)11-21-17(22)24)20-10-12-5-6-13(25-2)9-14(12)26-3/h5-6,9H,4,7-8,10-11H2,1-3H3,(H,21,24)(H2,18,19,20). The smallest absolute Gasteiger partial charge is 0.324 e. The normalized spacial score (nSPS) is 14.3. The van der Waals surface area contributed by atoms with Gasteiger partial charge < -0.3 is 25.4 Å². The van der Waals surface area contributed by atoms with E-state index in [2.05, 4.69) is 20.9 Å². The Morgan fingerprint density at radius 2 is 2.08 bits per heavy atom. The first kappa shape index (κ1) is 19.4. The van der Waals surface area contributed by atoms with Crippen LogP contribution >= 0.6 is 0 Å². The van der Waals surface area contributed by atoms with Gasteiger partial charge in [-0.1, -0.05) is 0 Å². The van der Waals surface area contributed by atoms with E-state index in [1.807, 2.05) is 25.1 Å². The van der Waals surface area contributed by atoms with E-state index in [0.717, 1.165) is 5.56 Å². The third-order valence-corrected chi connectivity index (χ3v) is 3.81. The number of benzene rings is 1. The van der Waals surface area contributed by atoms with Gasteiger partial charge in [0.2, 0.25) is 5.91 Å². The van der Waals surface area contributed by atoms with Crippen molar-refractivity contribution in [2.45, 2.75) is 13.5 Å². The molecular formula is C17H25N5O4. The van der Waals surface area contributed by atoms with E-state index in [0.29, 0.717) is 37.1 Å². The highest BCUT2D eigenvalue weighted by molar-refractivity contribution is 6.01. The van der Waals surface area contributed by atoms with Crippen LogP contribution in [0, 0.1) is 0 Å². The van der Waals surface area contributed by atoms with Crippen LogP contribution in [0.2, 0.25) is 0 Å². The average molecular weight is 363 g/mol. The Kier molecular flexibility index (Phi) is 7.07. The number of ether oxygens (including phenoxy) is 2. The van der Waals surface area contributed by atoms with Crippen molar-refractivity contribution in [3.05, 3.63) is 23.8 Å². The highest BCUT2D eigenvalue weighted by Crippen LogP contribution is 2.25. The Morgan fingerprint density at radius 1 is 1.27 bits per heavy atom. The third-order valence-electron chi connectivity index (χ3n) is 3.81. The fraction of sp³-hybridized carbons (Fsp3) is 0.471. The minimum absolute atomic E-state index is 0.0598. The number of nitrogens with zero attached hydrogens (tertiary/aromatic N) is 2. The summed E-state index contributed by atoms with van der Waals surface area (Å²) in [5.41, 5.74) is 0.916. The van der Waals surface area contributed by atoms with Crippen LogP contribution in [0.3, 0.4) is 0 Å². The van der Waals surface area contributed by atoms with Gasteiger partial charge in [-0.15, -0.1) is 0 Å². The molecule has 1 aromatic rings. The molecule has 0 aromatic heterocycles. The topological polar surface area (TPSA) is 104 Å². The molecule has 3 amide bonds. The van der Waals surface area contributed by atoms with Gasteiger partial charge >= 0.3 is 6.03 Å². The van der Waals surface area contributed by atoms with Crippen molar-refractivity contribution in [2.24, 2.45) is 4.99 Å². The molecule has 9 heteroatoms. The van der Waals surface area contributed by atoms with Gasteiger partial charge in [-0.2, -0.15) is 0 Å². The lowest BCUT2D eigenvalue weighted by Gasteiger charge is -2.15. The SMILES string of the molecule is CCNC(=NCc1ccc(OC)cc1OC)NCCN1C(=O)CNC1=O. The van der Waals surface area contributed by atoms with Gasteiger partial charge in [0.05, 0.1) is 27.3 Å². The Balaban J connectivity index is 1.96. The van der Waals surface area contributed by atoms with E-state index in [-0.39, 0.29) is 25.0 Å². The highest BCUT2D eigenvalue weighted by Gasteiger charge is 2.27. The molecule has 2 rings (SSSR count). The number of guanidine groups is 1. The lowest BCUT2D eigenvalue weighted by atomic mass is 10.2. The van der Waals surface area contributed by atoms with E-state index in [1.165, 1.54) is 4.90 Å². The van der Waals surface area contributed by atoms with Gasteiger partial charge in [0.15, 0.2) is 5.96 Å². The molecule has 0 unspecified atom stereocenters. The van der Waals surface area contributed by atoms with Crippen molar-refractivity contribution < 1.29 is 19.1 Å². The molecule has 1 saturated heterocycles. The first-order valence-electron chi connectivity index (χ1n) is 8.40. The van der Waals surface area contributed by atoms with E-state index in [9.17, 15) is 9.59 Å². The minimum atomic E-state index is -0.360. The van der Waals surface area contributed by atoms with Crippen LogP contribution in [0.5, 0.6) is 11.5 Å². The molecular weight excluding hydrogens is 338 g/mol. The van der Waals surface area contributed by atoms with Gasteiger partial charge in [0, 0.05) is 31.3 Å². The molecule has 3 N–H and O–H groups in total. The number of carbonyl (C=O) groups is 2. The minimum Gasteiger partial charge on any atom is -0.497 e. The zero-order chi connectivity index (χ0) is 18.9. The maximum absolute atomic E-state index is 11.6. The van der Waals surface area contributed by atoms with Gasteiger partial charge in [-0.3, -0.25) is 9.69 Å². The molecule has 9 nitrogen and oxygen atoms in total. The Bertz CT molecular complexity index is 661. The van der Waals surface area contributed by atoms with Crippen molar-refractivity contribution in [1.29, 1.82) is 0 Å². The van der Waals surface area contributed by atoms with Gasteiger partial charge in [0.25, 0.3) is 0 Å². The number of urea groups is 1. The Morgan fingerprint density at radius 3 is 2.69 bits per heavy atom. The quantitative estimate of drug-likeness (QED) is 0.349.